The van der Waals surface area contributed by atoms with Crippen molar-refractivity contribution in [3.63, 3.8) is 0 Å². The summed E-state index contributed by atoms with van der Waals surface area (Å²) in [6.45, 7) is 3.02. The van der Waals surface area contributed by atoms with Gasteiger partial charge in [-0.05, 0) is 68.0 Å². The van der Waals surface area contributed by atoms with Crippen LogP contribution in [0.2, 0.25) is 5.02 Å². The number of nitrogens with zero attached hydrogens (tertiary/aromatic N) is 3. The zero-order chi connectivity index (χ0) is 21.4. The van der Waals surface area contributed by atoms with E-state index in [4.69, 9.17) is 16.3 Å². The first kappa shape index (κ1) is 20.3. The highest BCUT2D eigenvalue weighted by atomic mass is 35.5. The summed E-state index contributed by atoms with van der Waals surface area (Å²) in [5.74, 6) is 0.862. The Hall–Kier alpha value is -2.56. The van der Waals surface area contributed by atoms with Crippen LogP contribution in [0.5, 0.6) is 5.75 Å². The minimum absolute atomic E-state index is 0.493. The van der Waals surface area contributed by atoms with Gasteiger partial charge in [0.1, 0.15) is 5.75 Å². The minimum Gasteiger partial charge on any atom is -0.495 e. The van der Waals surface area contributed by atoms with Crippen LogP contribution in [0.25, 0.3) is 11.8 Å². The van der Waals surface area contributed by atoms with Crippen molar-refractivity contribution in [2.45, 2.75) is 44.7 Å². The third-order valence-electron chi connectivity index (χ3n) is 6.65. The molecule has 2 aliphatic rings. The van der Waals surface area contributed by atoms with Crippen LogP contribution in [0, 0.1) is 6.92 Å². The molecule has 31 heavy (non-hydrogen) atoms. The van der Waals surface area contributed by atoms with Crippen LogP contribution >= 0.6 is 11.6 Å². The Kier molecular flexibility index (Phi) is 5.59. The predicted molar refractivity (Wildman–Crippen MR) is 126 cm³/mol. The molecule has 1 aromatic heterocycles. The van der Waals surface area contributed by atoms with Crippen molar-refractivity contribution in [1.82, 2.24) is 14.5 Å². The fraction of sp³-hybridized carbons (Fsp3) is 0.346. The van der Waals surface area contributed by atoms with Crippen LogP contribution < -0.4 is 4.74 Å². The highest BCUT2D eigenvalue weighted by molar-refractivity contribution is 6.30. The van der Waals surface area contributed by atoms with Gasteiger partial charge in [-0.15, -0.1) is 0 Å². The molecular weight excluding hydrogens is 406 g/mol. The number of halogens is 1. The summed E-state index contributed by atoms with van der Waals surface area (Å²) >= 11 is 6.11. The van der Waals surface area contributed by atoms with Crippen molar-refractivity contribution in [3.8, 4) is 11.4 Å². The zero-order valence-electron chi connectivity index (χ0n) is 18.1. The van der Waals surface area contributed by atoms with E-state index in [9.17, 15) is 0 Å². The Bertz CT molecular complexity index is 1100. The van der Waals surface area contributed by atoms with E-state index in [1.807, 2.05) is 36.1 Å². The predicted octanol–water partition coefficient (Wildman–Crippen LogP) is 6.23. The molecule has 0 radical (unpaired) electrons. The molecule has 0 N–H and O–H groups in total. The Labute approximate surface area is 189 Å². The van der Waals surface area contributed by atoms with Crippen LogP contribution in [-0.2, 0) is 0 Å². The average Bonchev–Trinajstić information content (AvgIpc) is 3.40. The second-order valence-corrected chi connectivity index (χ2v) is 9.10. The number of hydrogen-bond donors (Lipinski definition) is 0. The lowest BCUT2D eigenvalue weighted by Gasteiger charge is -2.36. The van der Waals surface area contributed by atoms with E-state index >= 15 is 0 Å². The Balaban J connectivity index is 1.38. The van der Waals surface area contributed by atoms with Crippen molar-refractivity contribution in [1.29, 1.82) is 0 Å². The summed E-state index contributed by atoms with van der Waals surface area (Å²) in [7, 11) is 1.73. The number of aryl methyl sites for hydroxylation is 1. The molecule has 0 aliphatic carbocycles. The van der Waals surface area contributed by atoms with E-state index in [-0.39, 0.29) is 0 Å². The van der Waals surface area contributed by atoms with E-state index in [0.29, 0.717) is 12.1 Å². The van der Waals surface area contributed by atoms with Crippen LogP contribution in [0.3, 0.4) is 0 Å². The van der Waals surface area contributed by atoms with Gasteiger partial charge in [-0.2, -0.15) is 0 Å². The molecule has 5 rings (SSSR count). The topological polar surface area (TPSA) is 30.3 Å². The maximum Gasteiger partial charge on any atom is 0.143 e. The van der Waals surface area contributed by atoms with Gasteiger partial charge in [0.15, 0.2) is 0 Å². The lowest BCUT2D eigenvalue weighted by Crippen LogP contribution is -2.37. The van der Waals surface area contributed by atoms with E-state index in [1.165, 1.54) is 42.4 Å². The fourth-order valence-electron chi connectivity index (χ4n) is 5.10. The molecule has 160 valence electrons. The number of imidazole rings is 1. The largest absolute Gasteiger partial charge is 0.495 e. The quantitative estimate of drug-likeness (QED) is 0.488. The monoisotopic (exact) mass is 433 g/mol. The SMILES string of the molecule is COc1cc(/C=C2\CC[C@H]3CC[C@@H](c4ccc(Cl)cc4)N3C2)ccc1-n1cnc(C)c1. The summed E-state index contributed by atoms with van der Waals surface area (Å²) in [6.07, 6.45) is 11.1. The molecule has 2 atom stereocenters. The van der Waals surface area contributed by atoms with Gasteiger partial charge in [0.2, 0.25) is 0 Å². The molecule has 0 saturated carbocycles. The van der Waals surface area contributed by atoms with Gasteiger partial charge in [-0.25, -0.2) is 4.98 Å². The summed E-state index contributed by atoms with van der Waals surface area (Å²) < 4.78 is 7.70. The highest BCUT2D eigenvalue weighted by Gasteiger charge is 2.36. The zero-order valence-corrected chi connectivity index (χ0v) is 18.8. The van der Waals surface area contributed by atoms with Crippen molar-refractivity contribution >= 4 is 17.7 Å². The first-order valence-electron chi connectivity index (χ1n) is 11.0. The summed E-state index contributed by atoms with van der Waals surface area (Å²) in [4.78, 5) is 7.03. The number of methoxy groups -OCH3 is 1. The molecule has 2 aliphatic heterocycles. The van der Waals surface area contributed by atoms with Crippen LogP contribution in [0.15, 0.2) is 60.6 Å². The molecule has 5 heteroatoms. The third-order valence-corrected chi connectivity index (χ3v) is 6.90. The van der Waals surface area contributed by atoms with Gasteiger partial charge in [-0.1, -0.05) is 41.4 Å². The highest BCUT2D eigenvalue weighted by Crippen LogP contribution is 2.42. The Morgan fingerprint density at radius 3 is 2.68 bits per heavy atom. The number of fused-ring (bicyclic) bond motifs is 1. The molecule has 0 unspecified atom stereocenters. The van der Waals surface area contributed by atoms with Crippen LogP contribution in [0.1, 0.15) is 48.5 Å². The fourth-order valence-corrected chi connectivity index (χ4v) is 5.22. The smallest absolute Gasteiger partial charge is 0.143 e. The number of aromatic nitrogens is 2. The maximum atomic E-state index is 6.11. The van der Waals surface area contributed by atoms with Gasteiger partial charge >= 0.3 is 0 Å². The third kappa shape index (κ3) is 4.15. The molecule has 0 spiro atoms. The van der Waals surface area contributed by atoms with E-state index in [1.54, 1.807) is 7.11 Å². The molecule has 0 bridgehead atoms. The minimum atomic E-state index is 0.493. The molecule has 0 amide bonds. The number of hydrogen-bond acceptors (Lipinski definition) is 3. The number of rotatable bonds is 4. The molecule has 3 aromatic rings. The van der Waals surface area contributed by atoms with Crippen molar-refractivity contribution in [3.05, 3.63) is 82.4 Å². The molecule has 3 heterocycles. The number of benzene rings is 2. The van der Waals surface area contributed by atoms with Gasteiger partial charge in [0.05, 0.1) is 24.8 Å². The summed E-state index contributed by atoms with van der Waals surface area (Å²) in [5, 5.41) is 0.806. The van der Waals surface area contributed by atoms with Crippen LogP contribution in [0.4, 0.5) is 0 Å². The maximum absolute atomic E-state index is 6.11. The van der Waals surface area contributed by atoms with Crippen molar-refractivity contribution in [2.24, 2.45) is 0 Å². The van der Waals surface area contributed by atoms with Gasteiger partial charge in [-0.3, -0.25) is 4.90 Å². The normalized spacial score (nSPS) is 22.6. The lowest BCUT2D eigenvalue weighted by atomic mass is 9.96. The van der Waals surface area contributed by atoms with E-state index in [0.717, 1.165) is 28.7 Å². The standard InChI is InChI=1S/C26H28ClN3O/c1-18-15-29(17-28-18)25-11-4-19(14-26(25)31-2)13-20-3-9-23-10-12-24(30(23)16-20)21-5-7-22(27)8-6-21/h4-8,11,13-15,17,23-24H,3,9-10,12,16H2,1-2H3/b20-13+/t23-,24-/m0/s1. The first-order valence-corrected chi connectivity index (χ1v) is 11.4. The molecular formula is C26H28ClN3O. The Morgan fingerprint density at radius 1 is 1.10 bits per heavy atom. The lowest BCUT2D eigenvalue weighted by molar-refractivity contribution is 0.180. The van der Waals surface area contributed by atoms with Gasteiger partial charge in [0.25, 0.3) is 0 Å². The van der Waals surface area contributed by atoms with Crippen molar-refractivity contribution in [2.75, 3.05) is 13.7 Å². The van der Waals surface area contributed by atoms with E-state index < -0.39 is 0 Å². The molecule has 2 saturated heterocycles. The first-order chi connectivity index (χ1) is 15.1. The molecule has 4 nitrogen and oxygen atoms in total. The second kappa shape index (κ2) is 8.52. The van der Waals surface area contributed by atoms with Crippen molar-refractivity contribution < 1.29 is 4.74 Å². The Morgan fingerprint density at radius 2 is 1.94 bits per heavy atom. The summed E-state index contributed by atoms with van der Waals surface area (Å²) in [5.41, 5.74) is 6.07. The number of piperidine rings is 1. The van der Waals surface area contributed by atoms with Gasteiger partial charge in [0, 0.05) is 29.8 Å². The molecule has 2 fully saturated rings. The second-order valence-electron chi connectivity index (χ2n) is 8.67. The summed E-state index contributed by atoms with van der Waals surface area (Å²) in [6, 6.07) is 16.0. The number of ether oxygens (including phenoxy) is 1. The molecule has 2 aromatic carbocycles. The van der Waals surface area contributed by atoms with Gasteiger partial charge < -0.3 is 9.30 Å². The average molecular weight is 434 g/mol. The van der Waals surface area contributed by atoms with E-state index in [2.05, 4.69) is 46.3 Å². The van der Waals surface area contributed by atoms with Crippen LogP contribution in [-0.4, -0.2) is 34.1 Å².